The fraction of sp³-hybridized carbons (Fsp3) is 0.105. The van der Waals surface area contributed by atoms with E-state index in [0.717, 1.165) is 11.1 Å². The first kappa shape index (κ1) is 18.6. The maximum Gasteiger partial charge on any atom is 0.291 e. The summed E-state index contributed by atoms with van der Waals surface area (Å²) >= 11 is 1.24. The number of pyridine rings is 1. The second-order valence-electron chi connectivity index (χ2n) is 5.95. The second-order valence-corrected chi connectivity index (χ2v) is 6.96. The van der Waals surface area contributed by atoms with Crippen molar-refractivity contribution in [3.05, 3.63) is 63.2 Å². The summed E-state index contributed by atoms with van der Waals surface area (Å²) in [4.78, 5) is 32.5. The third-order valence-electron chi connectivity index (χ3n) is 3.98. The third-order valence-corrected chi connectivity index (χ3v) is 4.93. The van der Waals surface area contributed by atoms with Crippen molar-refractivity contribution in [1.29, 1.82) is 0 Å². The number of nitrogens with zero attached hydrogens (tertiary/aromatic N) is 4. The molecule has 0 atom stereocenters. The zero-order valence-electron chi connectivity index (χ0n) is 15.2. The summed E-state index contributed by atoms with van der Waals surface area (Å²) in [6.45, 7) is -0.252. The van der Waals surface area contributed by atoms with E-state index in [0.29, 0.717) is 26.8 Å². The van der Waals surface area contributed by atoms with E-state index >= 15 is 0 Å². The van der Waals surface area contributed by atoms with Crippen molar-refractivity contribution in [1.82, 2.24) is 19.6 Å². The maximum atomic E-state index is 12.7. The van der Waals surface area contributed by atoms with Crippen molar-refractivity contribution in [2.75, 3.05) is 13.7 Å². The van der Waals surface area contributed by atoms with Gasteiger partial charge in [0, 0.05) is 18.0 Å². The van der Waals surface area contributed by atoms with Gasteiger partial charge >= 0.3 is 0 Å². The number of thiazole rings is 1. The minimum Gasteiger partial charge on any atom is -0.493 e. The molecule has 0 saturated carbocycles. The summed E-state index contributed by atoms with van der Waals surface area (Å²) in [6, 6.07) is 8.66. The average Bonchev–Trinajstić information content (AvgIpc) is 3.27. The van der Waals surface area contributed by atoms with Crippen LogP contribution in [0.5, 0.6) is 11.5 Å². The minimum atomic E-state index is -0.584. The number of amides is 1. The number of primary amides is 1. The van der Waals surface area contributed by atoms with Crippen LogP contribution in [0.4, 0.5) is 0 Å². The third kappa shape index (κ3) is 3.78. The van der Waals surface area contributed by atoms with E-state index in [1.165, 1.54) is 23.0 Å². The Balaban J connectivity index is 1.69. The first-order valence-electron chi connectivity index (χ1n) is 8.46. The number of nitrogens with two attached hydrogens (primary N) is 1. The molecule has 1 aromatic carbocycles. The monoisotopic (exact) mass is 409 g/mol. The number of fused-ring (bicyclic) bond motifs is 1. The van der Waals surface area contributed by atoms with Gasteiger partial charge in [0.1, 0.15) is 0 Å². The van der Waals surface area contributed by atoms with Crippen LogP contribution in [0, 0.1) is 0 Å². The molecule has 0 radical (unpaired) electrons. The smallest absolute Gasteiger partial charge is 0.291 e. The van der Waals surface area contributed by atoms with E-state index in [-0.39, 0.29) is 12.2 Å². The van der Waals surface area contributed by atoms with E-state index < -0.39 is 5.91 Å². The summed E-state index contributed by atoms with van der Waals surface area (Å²) in [7, 11) is 1.49. The summed E-state index contributed by atoms with van der Waals surface area (Å²) < 4.78 is 12.4. The van der Waals surface area contributed by atoms with Gasteiger partial charge in [-0.3, -0.25) is 14.6 Å². The number of carbonyl (C=O) groups is 1. The van der Waals surface area contributed by atoms with Crippen LogP contribution in [0.3, 0.4) is 0 Å². The molecule has 4 aromatic rings. The quantitative estimate of drug-likeness (QED) is 0.496. The van der Waals surface area contributed by atoms with Gasteiger partial charge in [-0.05, 0) is 35.9 Å². The predicted octanol–water partition coefficient (Wildman–Crippen LogP) is 0.633. The summed E-state index contributed by atoms with van der Waals surface area (Å²) in [5.74, 6) is 0.696. The van der Waals surface area contributed by atoms with Gasteiger partial charge in [-0.25, -0.2) is 0 Å². The molecular formula is C19H15N5O4S. The van der Waals surface area contributed by atoms with E-state index in [4.69, 9.17) is 15.2 Å². The van der Waals surface area contributed by atoms with Gasteiger partial charge in [0.25, 0.3) is 11.5 Å². The molecule has 0 bridgehead atoms. The molecule has 10 heteroatoms. The first-order chi connectivity index (χ1) is 14.0. The Labute approximate surface area is 168 Å². The summed E-state index contributed by atoms with van der Waals surface area (Å²) in [5, 5.41) is 4.30. The van der Waals surface area contributed by atoms with Crippen LogP contribution in [0.15, 0.2) is 47.5 Å². The molecule has 9 nitrogen and oxygen atoms in total. The molecule has 3 aromatic heterocycles. The van der Waals surface area contributed by atoms with E-state index in [9.17, 15) is 9.59 Å². The molecule has 0 fully saturated rings. The standard InChI is InChI=1S/C19H15N5O4S/c1-27-14-8-11(2-3-13(14)28-10-16(20)25)9-15-18(26)24-19(29-15)22-17(23-24)12-4-6-21-7-5-12/h2-9H,10H2,1H3,(H2,20,25)/b15-9-. The average molecular weight is 409 g/mol. The van der Waals surface area contributed by atoms with Crippen molar-refractivity contribution in [3.8, 4) is 22.9 Å². The highest BCUT2D eigenvalue weighted by Crippen LogP contribution is 2.28. The van der Waals surface area contributed by atoms with Crippen LogP contribution in [0.2, 0.25) is 0 Å². The Morgan fingerprint density at radius 1 is 1.24 bits per heavy atom. The number of carbonyl (C=O) groups excluding carboxylic acids is 1. The zero-order chi connectivity index (χ0) is 20.4. The van der Waals surface area contributed by atoms with Crippen LogP contribution in [-0.4, -0.2) is 39.2 Å². The number of hydrogen-bond acceptors (Lipinski definition) is 8. The number of benzene rings is 1. The fourth-order valence-electron chi connectivity index (χ4n) is 2.65. The Hall–Kier alpha value is -3.79. The van der Waals surface area contributed by atoms with Gasteiger partial charge in [-0.1, -0.05) is 17.4 Å². The lowest BCUT2D eigenvalue weighted by Gasteiger charge is -2.09. The van der Waals surface area contributed by atoms with Crippen LogP contribution in [0.1, 0.15) is 5.56 Å². The van der Waals surface area contributed by atoms with Gasteiger partial charge in [0.05, 0.1) is 11.6 Å². The Morgan fingerprint density at radius 3 is 2.72 bits per heavy atom. The van der Waals surface area contributed by atoms with Gasteiger partial charge < -0.3 is 15.2 Å². The molecule has 0 aliphatic heterocycles. The van der Waals surface area contributed by atoms with Crippen LogP contribution in [0.25, 0.3) is 22.4 Å². The highest BCUT2D eigenvalue weighted by atomic mass is 32.1. The lowest BCUT2D eigenvalue weighted by atomic mass is 10.2. The molecule has 0 aliphatic carbocycles. The molecule has 0 unspecified atom stereocenters. The summed E-state index contributed by atoms with van der Waals surface area (Å²) in [6.07, 6.45) is 5.01. The van der Waals surface area contributed by atoms with E-state index in [1.807, 2.05) is 0 Å². The number of methoxy groups -OCH3 is 1. The minimum absolute atomic E-state index is 0.252. The number of ether oxygens (including phenoxy) is 2. The van der Waals surface area contributed by atoms with Gasteiger partial charge in [-0.15, -0.1) is 5.10 Å². The molecule has 0 aliphatic rings. The van der Waals surface area contributed by atoms with Crippen LogP contribution < -0.4 is 25.3 Å². The van der Waals surface area contributed by atoms with Gasteiger partial charge in [0.15, 0.2) is 23.9 Å². The molecule has 146 valence electrons. The lowest BCUT2D eigenvalue weighted by molar-refractivity contribution is -0.119. The number of aromatic nitrogens is 4. The Kier molecular flexibility index (Phi) is 4.92. The highest BCUT2D eigenvalue weighted by Gasteiger charge is 2.12. The SMILES string of the molecule is COc1cc(/C=c2\sc3nc(-c4ccncc4)nn3c2=O)ccc1OCC(N)=O. The molecule has 0 saturated heterocycles. The fourth-order valence-corrected chi connectivity index (χ4v) is 3.56. The van der Waals surface area contributed by atoms with Gasteiger partial charge in [0.2, 0.25) is 4.96 Å². The topological polar surface area (TPSA) is 122 Å². The highest BCUT2D eigenvalue weighted by molar-refractivity contribution is 7.15. The second kappa shape index (κ2) is 7.68. The normalized spacial score (nSPS) is 11.7. The molecule has 4 rings (SSSR count). The van der Waals surface area contributed by atoms with E-state index in [1.54, 1.807) is 48.8 Å². The molecule has 2 N–H and O–H groups in total. The summed E-state index contributed by atoms with van der Waals surface area (Å²) in [5.41, 5.74) is 6.35. The van der Waals surface area contributed by atoms with Crippen molar-refractivity contribution in [3.63, 3.8) is 0 Å². The lowest BCUT2D eigenvalue weighted by Crippen LogP contribution is -2.23. The number of rotatable bonds is 6. The van der Waals surface area contributed by atoms with E-state index in [2.05, 4.69) is 15.1 Å². The maximum absolute atomic E-state index is 12.7. The van der Waals surface area contributed by atoms with Crippen molar-refractivity contribution in [2.24, 2.45) is 5.73 Å². The van der Waals surface area contributed by atoms with Crippen molar-refractivity contribution >= 4 is 28.3 Å². The zero-order valence-corrected chi connectivity index (χ0v) is 16.0. The Bertz CT molecular complexity index is 1300. The molecular weight excluding hydrogens is 394 g/mol. The molecule has 29 heavy (non-hydrogen) atoms. The van der Waals surface area contributed by atoms with Crippen molar-refractivity contribution in [2.45, 2.75) is 0 Å². The van der Waals surface area contributed by atoms with Crippen LogP contribution >= 0.6 is 11.3 Å². The Morgan fingerprint density at radius 2 is 2.03 bits per heavy atom. The molecule has 3 heterocycles. The van der Waals surface area contributed by atoms with Crippen molar-refractivity contribution < 1.29 is 14.3 Å². The first-order valence-corrected chi connectivity index (χ1v) is 9.27. The largest absolute Gasteiger partial charge is 0.493 e. The number of hydrogen-bond donors (Lipinski definition) is 1. The van der Waals surface area contributed by atoms with Gasteiger partial charge in [-0.2, -0.15) is 9.50 Å². The predicted molar refractivity (Wildman–Crippen MR) is 107 cm³/mol. The molecule has 0 spiro atoms. The molecule has 1 amide bonds. The van der Waals surface area contributed by atoms with Crippen LogP contribution in [-0.2, 0) is 4.79 Å².